The average molecular weight is 377 g/mol. The van der Waals surface area contributed by atoms with Gasteiger partial charge in [0.1, 0.15) is 0 Å². The lowest BCUT2D eigenvalue weighted by molar-refractivity contribution is 0.269. The Hall–Kier alpha value is -3.17. The van der Waals surface area contributed by atoms with E-state index in [4.69, 9.17) is 5.11 Å². The summed E-state index contributed by atoms with van der Waals surface area (Å²) in [5.41, 5.74) is 3.82. The fourth-order valence-electron chi connectivity index (χ4n) is 2.99. The summed E-state index contributed by atoms with van der Waals surface area (Å²) in [4.78, 5) is 9.07. The van der Waals surface area contributed by atoms with Crippen molar-refractivity contribution in [3.63, 3.8) is 0 Å². The molecule has 134 valence electrons. The zero-order valence-electron chi connectivity index (χ0n) is 14.2. The van der Waals surface area contributed by atoms with Gasteiger partial charge in [-0.1, -0.05) is 17.3 Å². The van der Waals surface area contributed by atoms with E-state index in [1.54, 1.807) is 33.1 Å². The molecular weight excluding hydrogens is 362 g/mol. The summed E-state index contributed by atoms with van der Waals surface area (Å²) >= 11 is 1.72. The molecule has 8 nitrogen and oxygen atoms in total. The summed E-state index contributed by atoms with van der Waals surface area (Å²) in [6.07, 6.45) is 5.22. The van der Waals surface area contributed by atoms with Crippen LogP contribution >= 0.6 is 11.3 Å². The van der Waals surface area contributed by atoms with E-state index in [-0.39, 0.29) is 6.61 Å². The lowest BCUT2D eigenvalue weighted by atomic mass is 10.2. The lowest BCUT2D eigenvalue weighted by Crippen LogP contribution is -2.03. The highest BCUT2D eigenvalue weighted by atomic mass is 32.1. The molecule has 4 heterocycles. The molecule has 0 unspecified atom stereocenters. The SMILES string of the molecule is OCCn1cc(-c2cnc3nnn(Cc4ccc5ccsc5c4)c3n2)cn1. The molecule has 0 saturated carbocycles. The van der Waals surface area contributed by atoms with E-state index in [1.807, 2.05) is 6.20 Å². The van der Waals surface area contributed by atoms with E-state index in [9.17, 15) is 0 Å². The molecule has 5 rings (SSSR count). The van der Waals surface area contributed by atoms with Crippen LogP contribution in [0.15, 0.2) is 48.2 Å². The highest BCUT2D eigenvalue weighted by molar-refractivity contribution is 7.17. The normalized spacial score (nSPS) is 11.6. The van der Waals surface area contributed by atoms with Gasteiger partial charge in [-0.2, -0.15) is 5.10 Å². The van der Waals surface area contributed by atoms with Gasteiger partial charge in [-0.3, -0.25) is 4.68 Å². The van der Waals surface area contributed by atoms with Gasteiger partial charge in [0.15, 0.2) is 5.65 Å². The van der Waals surface area contributed by atoms with Gasteiger partial charge in [0.25, 0.3) is 0 Å². The predicted octanol–water partition coefficient (Wildman–Crippen LogP) is 2.34. The summed E-state index contributed by atoms with van der Waals surface area (Å²) in [5.74, 6) is 0. The third-order valence-corrected chi connectivity index (χ3v) is 5.22. The largest absolute Gasteiger partial charge is 0.394 e. The maximum absolute atomic E-state index is 9.03. The second-order valence-electron chi connectivity index (χ2n) is 6.16. The Labute approximate surface area is 157 Å². The van der Waals surface area contributed by atoms with Gasteiger partial charge in [0, 0.05) is 16.5 Å². The third kappa shape index (κ3) is 2.96. The molecule has 0 aliphatic rings. The van der Waals surface area contributed by atoms with Crippen LogP contribution in [0, 0.1) is 0 Å². The average Bonchev–Trinajstić information content (AvgIpc) is 3.41. The number of rotatable bonds is 5. The quantitative estimate of drug-likeness (QED) is 0.505. The maximum atomic E-state index is 9.03. The summed E-state index contributed by atoms with van der Waals surface area (Å²) in [6, 6.07) is 8.50. The Morgan fingerprint density at radius 2 is 2.11 bits per heavy atom. The van der Waals surface area contributed by atoms with Crippen molar-refractivity contribution in [1.82, 2.24) is 34.7 Å². The fourth-order valence-corrected chi connectivity index (χ4v) is 3.84. The standard InChI is InChI=1S/C18H15N7OS/c26-5-4-24-11-14(8-20-24)15-9-19-17-18(21-15)25(23-22-17)10-12-1-2-13-3-6-27-16(13)7-12/h1-3,6-9,11,26H,4-5,10H2. The van der Waals surface area contributed by atoms with Crippen molar-refractivity contribution in [2.24, 2.45) is 0 Å². The molecule has 0 bridgehead atoms. The topological polar surface area (TPSA) is 94.5 Å². The van der Waals surface area contributed by atoms with Crippen LogP contribution < -0.4 is 0 Å². The first-order valence-electron chi connectivity index (χ1n) is 8.46. The van der Waals surface area contributed by atoms with Crippen LogP contribution in [0.4, 0.5) is 0 Å². The molecule has 0 spiro atoms. The van der Waals surface area contributed by atoms with Crippen LogP contribution in [-0.2, 0) is 13.1 Å². The van der Waals surface area contributed by atoms with Crippen molar-refractivity contribution < 1.29 is 5.11 Å². The van der Waals surface area contributed by atoms with Crippen LogP contribution in [-0.4, -0.2) is 46.5 Å². The van der Waals surface area contributed by atoms with E-state index in [2.05, 4.69) is 55.0 Å². The van der Waals surface area contributed by atoms with Crippen molar-refractivity contribution in [2.45, 2.75) is 13.1 Å². The second kappa shape index (κ2) is 6.53. The van der Waals surface area contributed by atoms with E-state index in [1.165, 1.54) is 10.1 Å². The number of aromatic nitrogens is 7. The Morgan fingerprint density at radius 1 is 1.15 bits per heavy atom. The number of aliphatic hydroxyl groups excluding tert-OH is 1. The minimum Gasteiger partial charge on any atom is -0.394 e. The van der Waals surface area contributed by atoms with Gasteiger partial charge in [-0.05, 0) is 28.5 Å². The Kier molecular flexibility index (Phi) is 3.88. The number of nitrogens with zero attached hydrogens (tertiary/aromatic N) is 7. The second-order valence-corrected chi connectivity index (χ2v) is 7.11. The van der Waals surface area contributed by atoms with Crippen molar-refractivity contribution in [1.29, 1.82) is 0 Å². The smallest absolute Gasteiger partial charge is 0.221 e. The van der Waals surface area contributed by atoms with E-state index >= 15 is 0 Å². The zero-order valence-corrected chi connectivity index (χ0v) is 15.0. The Bertz CT molecular complexity index is 1240. The molecule has 0 saturated heterocycles. The highest BCUT2D eigenvalue weighted by Gasteiger charge is 2.12. The summed E-state index contributed by atoms with van der Waals surface area (Å²) in [5, 5.41) is 24.9. The van der Waals surface area contributed by atoms with Gasteiger partial charge in [-0.15, -0.1) is 16.4 Å². The summed E-state index contributed by atoms with van der Waals surface area (Å²) in [7, 11) is 0. The monoisotopic (exact) mass is 377 g/mol. The molecule has 0 aliphatic carbocycles. The van der Waals surface area contributed by atoms with Crippen LogP contribution in [0.25, 0.3) is 32.6 Å². The Balaban J connectivity index is 1.50. The zero-order chi connectivity index (χ0) is 18.2. The molecule has 0 aliphatic heterocycles. The molecule has 5 aromatic rings. The third-order valence-electron chi connectivity index (χ3n) is 4.34. The van der Waals surface area contributed by atoms with E-state index < -0.39 is 0 Å². The lowest BCUT2D eigenvalue weighted by Gasteiger charge is -2.03. The van der Waals surface area contributed by atoms with E-state index in [0.29, 0.717) is 30.1 Å². The predicted molar refractivity (Wildman–Crippen MR) is 102 cm³/mol. The van der Waals surface area contributed by atoms with Gasteiger partial charge in [0.2, 0.25) is 5.65 Å². The Morgan fingerprint density at radius 3 is 3.04 bits per heavy atom. The van der Waals surface area contributed by atoms with Crippen LogP contribution in [0.2, 0.25) is 0 Å². The van der Waals surface area contributed by atoms with Crippen molar-refractivity contribution in [3.8, 4) is 11.3 Å². The molecular formula is C18H15N7OS. The van der Waals surface area contributed by atoms with Gasteiger partial charge in [0.05, 0.1) is 37.8 Å². The molecule has 1 aromatic carbocycles. The first kappa shape index (κ1) is 16.0. The van der Waals surface area contributed by atoms with Gasteiger partial charge < -0.3 is 5.11 Å². The minimum absolute atomic E-state index is 0.0388. The number of aliphatic hydroxyl groups is 1. The summed E-state index contributed by atoms with van der Waals surface area (Å²) < 4.78 is 4.69. The van der Waals surface area contributed by atoms with Gasteiger partial charge >= 0.3 is 0 Å². The van der Waals surface area contributed by atoms with Crippen LogP contribution in [0.3, 0.4) is 0 Å². The molecule has 4 aromatic heterocycles. The maximum Gasteiger partial charge on any atom is 0.221 e. The van der Waals surface area contributed by atoms with Crippen LogP contribution in [0.1, 0.15) is 5.56 Å². The number of benzene rings is 1. The molecule has 1 N–H and O–H groups in total. The first-order valence-corrected chi connectivity index (χ1v) is 9.34. The molecule has 0 fully saturated rings. The molecule has 9 heteroatoms. The highest BCUT2D eigenvalue weighted by Crippen LogP contribution is 2.23. The number of fused-ring (bicyclic) bond motifs is 2. The fraction of sp³-hybridized carbons (Fsp3) is 0.167. The molecule has 0 atom stereocenters. The van der Waals surface area contributed by atoms with Crippen LogP contribution in [0.5, 0.6) is 0 Å². The number of hydrogen-bond acceptors (Lipinski definition) is 7. The number of hydrogen-bond donors (Lipinski definition) is 1. The summed E-state index contributed by atoms with van der Waals surface area (Å²) in [6.45, 7) is 1.06. The minimum atomic E-state index is 0.0388. The van der Waals surface area contributed by atoms with Crippen molar-refractivity contribution in [2.75, 3.05) is 6.61 Å². The molecule has 0 amide bonds. The van der Waals surface area contributed by atoms with E-state index in [0.717, 1.165) is 11.1 Å². The molecule has 0 radical (unpaired) electrons. The molecule has 27 heavy (non-hydrogen) atoms. The van der Waals surface area contributed by atoms with Gasteiger partial charge in [-0.25, -0.2) is 14.6 Å². The van der Waals surface area contributed by atoms with Crippen molar-refractivity contribution >= 4 is 32.7 Å². The number of thiophene rings is 1. The first-order chi connectivity index (χ1) is 13.3. The van der Waals surface area contributed by atoms with Crippen molar-refractivity contribution in [3.05, 3.63) is 53.8 Å².